The third-order valence-corrected chi connectivity index (χ3v) is 12.0. The molecule has 0 radical (unpaired) electrons. The van der Waals surface area contributed by atoms with Crippen molar-refractivity contribution in [2.75, 3.05) is 0 Å². The smallest absolute Gasteiger partial charge is 0.147 e. The Balaban J connectivity index is 0.00000256. The van der Waals surface area contributed by atoms with E-state index in [0.29, 0.717) is 0 Å². The summed E-state index contributed by atoms with van der Waals surface area (Å²) in [6.07, 6.45) is 0. The maximum absolute atomic E-state index is 3.87. The van der Waals surface area contributed by atoms with Crippen LogP contribution in [0.2, 0.25) is 13.1 Å². The topological polar surface area (TPSA) is 12.0 Å². The van der Waals surface area contributed by atoms with Gasteiger partial charge in [-0.3, -0.25) is 7.08 Å². The van der Waals surface area contributed by atoms with Crippen LogP contribution < -0.4 is 4.98 Å². The van der Waals surface area contributed by atoms with E-state index in [4.69, 9.17) is 0 Å². The molecular formula is C13H25NPSiTi-. The van der Waals surface area contributed by atoms with Crippen molar-refractivity contribution in [1.82, 2.24) is 4.98 Å². The second-order valence-electron chi connectivity index (χ2n) is 6.22. The molecule has 1 nitrogen and oxygen atoms in total. The molecule has 1 heterocycles. The molecule has 0 spiro atoms. The van der Waals surface area contributed by atoms with Gasteiger partial charge in [-0.1, -0.05) is 33.9 Å². The molecule has 0 aromatic carbocycles. The summed E-state index contributed by atoms with van der Waals surface area (Å²) in [6, 6.07) is 0. The first-order valence-corrected chi connectivity index (χ1v) is 11.1. The molecule has 0 saturated carbocycles. The maximum Gasteiger partial charge on any atom is 0.147 e. The third-order valence-electron chi connectivity index (χ3n) is 2.96. The maximum atomic E-state index is 3.87. The molecule has 1 N–H and O–H groups in total. The van der Waals surface area contributed by atoms with Crippen molar-refractivity contribution in [2.24, 2.45) is 0 Å². The fraction of sp³-hybridized carbons (Fsp3) is 0.692. The Kier molecular flexibility index (Phi) is 5.98. The average Bonchev–Trinajstić information content (AvgIpc) is 2.29. The average molecular weight is 302 g/mol. The van der Waals surface area contributed by atoms with Crippen LogP contribution in [0.4, 0.5) is 0 Å². The van der Waals surface area contributed by atoms with Crippen molar-refractivity contribution in [3.8, 4) is 0 Å². The molecule has 1 atom stereocenters. The Morgan fingerprint density at radius 2 is 1.59 bits per heavy atom. The Hall–Kier alpha value is 0.671. The summed E-state index contributed by atoms with van der Waals surface area (Å²) in [4.78, 5) is 3.87. The first-order chi connectivity index (χ1) is 7.04. The van der Waals surface area contributed by atoms with Crippen LogP contribution in [-0.2, 0) is 21.7 Å². The van der Waals surface area contributed by atoms with Gasteiger partial charge < -0.3 is 4.98 Å². The van der Waals surface area contributed by atoms with E-state index in [2.05, 4.69) is 65.4 Å². The van der Waals surface area contributed by atoms with E-state index < -0.39 is 7.90 Å². The molecule has 1 rings (SSSR count). The van der Waals surface area contributed by atoms with Crippen molar-refractivity contribution in [3.63, 3.8) is 0 Å². The fourth-order valence-electron chi connectivity index (χ4n) is 2.31. The molecule has 0 aliphatic carbocycles. The predicted molar refractivity (Wildman–Crippen MR) is 78.0 cm³/mol. The molecule has 1 aromatic rings. The zero-order chi connectivity index (χ0) is 12.7. The van der Waals surface area contributed by atoms with E-state index in [-0.39, 0.29) is 34.3 Å². The summed E-state index contributed by atoms with van der Waals surface area (Å²) in [5, 5.41) is 1.58. The summed E-state index contributed by atoms with van der Waals surface area (Å²) in [5.41, 5.74) is 3.06. The van der Waals surface area contributed by atoms with Crippen LogP contribution >= 0.6 is 7.08 Å². The zero-order valence-electron chi connectivity index (χ0n) is 12.4. The van der Waals surface area contributed by atoms with Crippen molar-refractivity contribution in [2.45, 2.75) is 60.2 Å². The van der Waals surface area contributed by atoms with Gasteiger partial charge in [-0.05, 0) is 20.8 Å². The summed E-state index contributed by atoms with van der Waals surface area (Å²) in [6.45, 7) is 18.4. The first-order valence-electron chi connectivity index (χ1n) is 5.92. The van der Waals surface area contributed by atoms with Gasteiger partial charge in [-0.15, -0.1) is 0 Å². The van der Waals surface area contributed by atoms with Gasteiger partial charge in [0.05, 0.1) is 0 Å². The van der Waals surface area contributed by atoms with Gasteiger partial charge in [0, 0.05) is 27.3 Å². The number of hydrogen-bond acceptors (Lipinski definition) is 1. The molecule has 0 bridgehead atoms. The molecule has 0 aliphatic rings. The van der Waals surface area contributed by atoms with E-state index in [1.807, 2.05) is 0 Å². The molecule has 0 aliphatic heterocycles. The monoisotopic (exact) mass is 302 g/mol. The molecule has 0 fully saturated rings. The quantitative estimate of drug-likeness (QED) is 0.633. The SMILES string of the molecule is Cc1[c-]p([Si](C)(C)NC(C)(C)C)c(C)c1C.[Ti]. The van der Waals surface area contributed by atoms with Gasteiger partial charge in [0.2, 0.25) is 0 Å². The van der Waals surface area contributed by atoms with E-state index in [1.165, 1.54) is 11.1 Å². The second-order valence-corrected chi connectivity index (χ2v) is 15.8. The van der Waals surface area contributed by atoms with Crippen molar-refractivity contribution >= 4 is 15.0 Å². The van der Waals surface area contributed by atoms with Crippen LogP contribution in [0.5, 0.6) is 0 Å². The predicted octanol–water partition coefficient (Wildman–Crippen LogP) is 4.33. The Labute approximate surface area is 124 Å². The zero-order valence-corrected chi connectivity index (χ0v) is 15.9. The Morgan fingerprint density at radius 3 is 1.88 bits per heavy atom. The van der Waals surface area contributed by atoms with Gasteiger partial charge in [-0.2, -0.15) is 22.2 Å². The van der Waals surface area contributed by atoms with E-state index >= 15 is 0 Å². The van der Waals surface area contributed by atoms with Crippen molar-refractivity contribution in [1.29, 1.82) is 0 Å². The van der Waals surface area contributed by atoms with Gasteiger partial charge in [0.25, 0.3) is 0 Å². The fourth-order valence-corrected chi connectivity index (χ4v) is 12.2. The number of hydrogen-bond donors (Lipinski definition) is 1. The summed E-state index contributed by atoms with van der Waals surface area (Å²) in [5.74, 6) is 3.72. The minimum Gasteiger partial charge on any atom is -0.328 e. The van der Waals surface area contributed by atoms with E-state index in [9.17, 15) is 0 Å². The number of nitrogens with one attached hydrogen (secondary N) is 1. The number of aryl methyl sites for hydroxylation is 1. The van der Waals surface area contributed by atoms with Crippen LogP contribution in [0.1, 0.15) is 37.2 Å². The van der Waals surface area contributed by atoms with Gasteiger partial charge in [0.1, 0.15) is 7.90 Å². The minimum atomic E-state index is -1.43. The van der Waals surface area contributed by atoms with Crippen LogP contribution in [-0.4, -0.2) is 13.4 Å². The molecule has 4 heteroatoms. The summed E-state index contributed by atoms with van der Waals surface area (Å²) >= 11 is 0. The third kappa shape index (κ3) is 4.37. The second kappa shape index (κ2) is 5.76. The van der Waals surface area contributed by atoms with E-state index in [1.54, 1.807) is 5.30 Å². The van der Waals surface area contributed by atoms with E-state index in [0.717, 1.165) is 0 Å². The largest absolute Gasteiger partial charge is 0.328 e. The summed E-state index contributed by atoms with van der Waals surface area (Å²) in [7, 11) is -1.60. The van der Waals surface area contributed by atoms with Crippen LogP contribution in [0.3, 0.4) is 0 Å². The Bertz CT molecular complexity index is 391. The Morgan fingerprint density at radius 1 is 1.12 bits per heavy atom. The molecular weight excluding hydrogens is 277 g/mol. The van der Waals surface area contributed by atoms with Gasteiger partial charge >= 0.3 is 0 Å². The van der Waals surface area contributed by atoms with Crippen molar-refractivity contribution in [3.05, 3.63) is 22.2 Å². The normalized spacial score (nSPS) is 13.5. The van der Waals surface area contributed by atoms with Crippen molar-refractivity contribution < 1.29 is 21.7 Å². The standard InChI is InChI=1S/C13H25NPSi.Ti/c1-10-9-15(12(3)11(10)2)16(7,8)14-13(4,5)6;/h14H,1-8H3;/q-1;. The van der Waals surface area contributed by atoms with Crippen LogP contribution in [0.15, 0.2) is 0 Å². The molecule has 0 saturated heterocycles. The molecule has 17 heavy (non-hydrogen) atoms. The molecule has 1 aromatic heterocycles. The van der Waals surface area contributed by atoms with Crippen LogP contribution in [0.25, 0.3) is 0 Å². The van der Waals surface area contributed by atoms with Crippen LogP contribution in [0, 0.1) is 26.6 Å². The van der Waals surface area contributed by atoms with Gasteiger partial charge in [-0.25, -0.2) is 0 Å². The first kappa shape index (κ1) is 17.7. The number of rotatable bonds is 2. The molecule has 1 unspecified atom stereocenters. The summed E-state index contributed by atoms with van der Waals surface area (Å²) < 4.78 is 0. The van der Waals surface area contributed by atoms with Gasteiger partial charge in [0.15, 0.2) is 0 Å². The molecule has 0 amide bonds. The minimum absolute atomic E-state index is 0. The molecule has 96 valence electrons.